The number of ether oxygens (including phenoxy) is 1. The number of guanidine groups is 1. The minimum Gasteiger partial charge on any atom is -0.492 e. The number of halogens is 2. The summed E-state index contributed by atoms with van der Waals surface area (Å²) in [4.78, 5) is 10.2. The van der Waals surface area contributed by atoms with Crippen molar-refractivity contribution in [3.8, 4) is 5.75 Å². The standard InChI is InChI=1S/C17H23ClN4OS.HI/c1-3-15-11-21-16(24-15)12-22-17(19-4-2)20-8-9-23-14-7-5-6-13(18)10-14;/h5-7,10-11H,3-4,8-9,12H2,1-2H3,(H2,19,20,22);1H. The second-order valence-electron chi connectivity index (χ2n) is 5.00. The summed E-state index contributed by atoms with van der Waals surface area (Å²) in [7, 11) is 0. The first-order chi connectivity index (χ1) is 11.7. The van der Waals surface area contributed by atoms with Crippen molar-refractivity contribution in [1.82, 2.24) is 15.6 Å². The Morgan fingerprint density at radius 3 is 2.84 bits per heavy atom. The fourth-order valence-electron chi connectivity index (χ4n) is 1.97. The Morgan fingerprint density at radius 1 is 1.32 bits per heavy atom. The molecule has 2 aromatic rings. The molecular weight excluding hydrogens is 471 g/mol. The predicted molar refractivity (Wildman–Crippen MR) is 117 cm³/mol. The molecule has 0 aliphatic carbocycles. The monoisotopic (exact) mass is 494 g/mol. The largest absolute Gasteiger partial charge is 0.492 e. The zero-order valence-corrected chi connectivity index (χ0v) is 18.3. The molecule has 0 aliphatic heterocycles. The van der Waals surface area contributed by atoms with Crippen LogP contribution in [0.1, 0.15) is 23.7 Å². The molecule has 1 aromatic carbocycles. The van der Waals surface area contributed by atoms with E-state index in [1.54, 1.807) is 17.4 Å². The topological polar surface area (TPSA) is 58.5 Å². The van der Waals surface area contributed by atoms with Gasteiger partial charge in [0.05, 0.1) is 13.1 Å². The average molecular weight is 495 g/mol. The number of aliphatic imine (C=N–C) groups is 1. The van der Waals surface area contributed by atoms with Crippen LogP contribution >= 0.6 is 46.9 Å². The lowest BCUT2D eigenvalue weighted by Gasteiger charge is -2.12. The summed E-state index contributed by atoms with van der Waals surface area (Å²) >= 11 is 7.64. The molecule has 138 valence electrons. The Bertz CT molecular complexity index is 666. The molecule has 1 heterocycles. The molecule has 0 aliphatic rings. The van der Waals surface area contributed by atoms with Crippen LogP contribution in [0.2, 0.25) is 5.02 Å². The highest BCUT2D eigenvalue weighted by Crippen LogP contribution is 2.16. The molecule has 0 radical (unpaired) electrons. The fourth-order valence-corrected chi connectivity index (χ4v) is 2.94. The summed E-state index contributed by atoms with van der Waals surface area (Å²) in [5.41, 5.74) is 0. The lowest BCUT2D eigenvalue weighted by atomic mass is 10.3. The number of aryl methyl sites for hydroxylation is 1. The highest BCUT2D eigenvalue weighted by molar-refractivity contribution is 14.0. The fraction of sp³-hybridized carbons (Fsp3) is 0.412. The van der Waals surface area contributed by atoms with Gasteiger partial charge in [-0.25, -0.2) is 9.98 Å². The molecule has 25 heavy (non-hydrogen) atoms. The second-order valence-corrected chi connectivity index (χ2v) is 6.64. The molecule has 2 N–H and O–H groups in total. The van der Waals surface area contributed by atoms with Gasteiger partial charge in [0, 0.05) is 22.6 Å². The highest BCUT2D eigenvalue weighted by atomic mass is 127. The van der Waals surface area contributed by atoms with E-state index in [1.165, 1.54) is 4.88 Å². The Morgan fingerprint density at radius 2 is 2.16 bits per heavy atom. The number of benzene rings is 1. The number of hydrogen-bond donors (Lipinski definition) is 2. The van der Waals surface area contributed by atoms with E-state index in [1.807, 2.05) is 31.3 Å². The third-order valence-electron chi connectivity index (χ3n) is 3.13. The van der Waals surface area contributed by atoms with Crippen LogP contribution in [0.4, 0.5) is 0 Å². The van der Waals surface area contributed by atoms with Crippen LogP contribution < -0.4 is 15.4 Å². The molecule has 0 unspecified atom stereocenters. The minimum atomic E-state index is 0. The van der Waals surface area contributed by atoms with Crippen LogP contribution in [-0.2, 0) is 13.0 Å². The molecule has 0 amide bonds. The molecule has 0 bridgehead atoms. The van der Waals surface area contributed by atoms with Gasteiger partial charge in [-0.1, -0.05) is 24.6 Å². The van der Waals surface area contributed by atoms with E-state index in [9.17, 15) is 0 Å². The van der Waals surface area contributed by atoms with E-state index in [2.05, 4.69) is 27.5 Å². The Kier molecular flexibility index (Phi) is 10.8. The zero-order chi connectivity index (χ0) is 17.2. The summed E-state index contributed by atoms with van der Waals surface area (Å²) in [6, 6.07) is 7.38. The van der Waals surface area contributed by atoms with Crippen molar-refractivity contribution < 1.29 is 4.74 Å². The van der Waals surface area contributed by atoms with Gasteiger partial charge in [-0.2, -0.15) is 0 Å². The zero-order valence-electron chi connectivity index (χ0n) is 14.4. The first-order valence-corrected chi connectivity index (χ1v) is 9.24. The number of hydrogen-bond acceptors (Lipinski definition) is 4. The van der Waals surface area contributed by atoms with Gasteiger partial charge in [0.25, 0.3) is 0 Å². The first kappa shape index (κ1) is 22.0. The molecule has 0 saturated carbocycles. The van der Waals surface area contributed by atoms with Crippen LogP contribution in [0.3, 0.4) is 0 Å². The third kappa shape index (κ3) is 8.24. The van der Waals surface area contributed by atoms with Gasteiger partial charge in [0.1, 0.15) is 17.4 Å². The van der Waals surface area contributed by atoms with Crippen molar-refractivity contribution in [2.45, 2.75) is 26.8 Å². The normalized spacial score (nSPS) is 10.9. The van der Waals surface area contributed by atoms with E-state index in [0.29, 0.717) is 24.7 Å². The third-order valence-corrected chi connectivity index (χ3v) is 4.49. The molecule has 1 aromatic heterocycles. The summed E-state index contributed by atoms with van der Waals surface area (Å²) in [6.07, 6.45) is 2.94. The van der Waals surface area contributed by atoms with Gasteiger partial charge >= 0.3 is 0 Å². The van der Waals surface area contributed by atoms with Gasteiger partial charge < -0.3 is 15.4 Å². The SMILES string of the molecule is CCNC(=NCc1ncc(CC)s1)NCCOc1cccc(Cl)c1.I. The molecule has 2 rings (SSSR count). The summed E-state index contributed by atoms with van der Waals surface area (Å²) in [5, 5.41) is 8.17. The van der Waals surface area contributed by atoms with Crippen LogP contribution in [-0.4, -0.2) is 30.6 Å². The maximum Gasteiger partial charge on any atom is 0.191 e. The Labute approximate surface area is 175 Å². The summed E-state index contributed by atoms with van der Waals surface area (Å²) in [6.45, 7) is 6.73. The summed E-state index contributed by atoms with van der Waals surface area (Å²) < 4.78 is 5.66. The number of aromatic nitrogens is 1. The van der Waals surface area contributed by atoms with E-state index in [-0.39, 0.29) is 24.0 Å². The van der Waals surface area contributed by atoms with Crippen molar-refractivity contribution in [2.24, 2.45) is 4.99 Å². The number of nitrogens with zero attached hydrogens (tertiary/aromatic N) is 2. The number of rotatable bonds is 8. The van der Waals surface area contributed by atoms with Gasteiger partial charge in [-0.15, -0.1) is 35.3 Å². The lowest BCUT2D eigenvalue weighted by molar-refractivity contribution is 0.322. The van der Waals surface area contributed by atoms with Crippen molar-refractivity contribution in [3.63, 3.8) is 0 Å². The Balaban J connectivity index is 0.00000312. The van der Waals surface area contributed by atoms with E-state index < -0.39 is 0 Å². The van der Waals surface area contributed by atoms with Gasteiger partial charge in [-0.3, -0.25) is 0 Å². The van der Waals surface area contributed by atoms with Crippen LogP contribution in [0.25, 0.3) is 0 Å². The van der Waals surface area contributed by atoms with Crippen molar-refractivity contribution in [1.29, 1.82) is 0 Å². The molecule has 8 heteroatoms. The van der Waals surface area contributed by atoms with Crippen molar-refractivity contribution in [3.05, 3.63) is 45.4 Å². The second kappa shape index (κ2) is 12.3. The van der Waals surface area contributed by atoms with Crippen LogP contribution in [0.5, 0.6) is 5.75 Å². The Hall–Kier alpha value is -1.06. The summed E-state index contributed by atoms with van der Waals surface area (Å²) in [5.74, 6) is 1.53. The molecule has 0 spiro atoms. The van der Waals surface area contributed by atoms with Crippen LogP contribution in [0.15, 0.2) is 35.5 Å². The number of thiazole rings is 1. The highest BCUT2D eigenvalue weighted by Gasteiger charge is 2.02. The van der Waals surface area contributed by atoms with Crippen LogP contribution in [0, 0.1) is 0 Å². The maximum absolute atomic E-state index is 5.93. The molecule has 0 atom stereocenters. The average Bonchev–Trinajstić information content (AvgIpc) is 3.04. The van der Waals surface area contributed by atoms with E-state index >= 15 is 0 Å². The predicted octanol–water partition coefficient (Wildman–Crippen LogP) is 4.11. The quantitative estimate of drug-likeness (QED) is 0.251. The van der Waals surface area contributed by atoms with Gasteiger partial charge in [0.2, 0.25) is 0 Å². The van der Waals surface area contributed by atoms with Gasteiger partial charge in [0.15, 0.2) is 5.96 Å². The molecule has 5 nitrogen and oxygen atoms in total. The number of nitrogens with one attached hydrogen (secondary N) is 2. The van der Waals surface area contributed by atoms with E-state index in [4.69, 9.17) is 16.3 Å². The first-order valence-electron chi connectivity index (χ1n) is 8.05. The maximum atomic E-state index is 5.93. The smallest absolute Gasteiger partial charge is 0.191 e. The van der Waals surface area contributed by atoms with E-state index in [0.717, 1.165) is 29.7 Å². The van der Waals surface area contributed by atoms with Crippen molar-refractivity contribution >= 4 is 52.9 Å². The minimum absolute atomic E-state index is 0. The van der Waals surface area contributed by atoms with Gasteiger partial charge in [-0.05, 0) is 31.5 Å². The lowest BCUT2D eigenvalue weighted by Crippen LogP contribution is -2.39. The molecule has 0 fully saturated rings. The molecular formula is C17H24ClIN4OS. The molecule has 0 saturated heterocycles. The van der Waals surface area contributed by atoms with Crippen molar-refractivity contribution in [2.75, 3.05) is 19.7 Å².